The van der Waals surface area contributed by atoms with Gasteiger partial charge >= 0.3 is 0 Å². The monoisotopic (exact) mass is 211 g/mol. The lowest BCUT2D eigenvalue weighted by molar-refractivity contribution is 0.413. The van der Waals surface area contributed by atoms with Crippen molar-refractivity contribution in [1.29, 1.82) is 0 Å². The maximum atomic E-state index is 5.14. The average Bonchev–Trinajstić information content (AvgIpc) is 2.39. The Hall–Kier alpha value is -2.09. The first-order valence-electron chi connectivity index (χ1n) is 5.05. The molecule has 2 aromatic rings. The van der Waals surface area contributed by atoms with E-state index in [1.54, 1.807) is 13.3 Å². The molecule has 0 saturated heterocycles. The second-order valence-corrected chi connectivity index (χ2v) is 3.44. The number of rotatable bonds is 3. The molecule has 0 saturated carbocycles. The lowest BCUT2D eigenvalue weighted by Crippen LogP contribution is -1.86. The predicted molar refractivity (Wildman–Crippen MR) is 66.3 cm³/mol. The van der Waals surface area contributed by atoms with Gasteiger partial charge in [0.2, 0.25) is 0 Å². The largest absolute Gasteiger partial charge is 0.495 e. The molecule has 2 heteroatoms. The van der Waals surface area contributed by atoms with Crippen LogP contribution in [-0.4, -0.2) is 12.1 Å². The standard InChI is InChI=1S/C14H13NO/c1-3-11-4-6-12(7-5-11)13-8-14(16-2)10-15-9-13/h3-10H,1H2,2H3. The van der Waals surface area contributed by atoms with Crippen LogP contribution in [-0.2, 0) is 0 Å². The molecule has 1 aromatic carbocycles. The number of benzene rings is 1. The second-order valence-electron chi connectivity index (χ2n) is 3.44. The van der Waals surface area contributed by atoms with E-state index >= 15 is 0 Å². The highest BCUT2D eigenvalue weighted by Gasteiger charge is 1.99. The van der Waals surface area contributed by atoms with Gasteiger partial charge in [0, 0.05) is 11.8 Å². The highest BCUT2D eigenvalue weighted by molar-refractivity contribution is 5.65. The Morgan fingerprint density at radius 1 is 1.12 bits per heavy atom. The van der Waals surface area contributed by atoms with Crippen LogP contribution in [0.1, 0.15) is 5.56 Å². The van der Waals surface area contributed by atoms with Crippen LogP contribution in [0.15, 0.2) is 49.3 Å². The van der Waals surface area contributed by atoms with Crippen LogP contribution >= 0.6 is 0 Å². The normalized spacial score (nSPS) is 9.81. The fourth-order valence-corrected chi connectivity index (χ4v) is 1.50. The minimum absolute atomic E-state index is 0.769. The highest BCUT2D eigenvalue weighted by Crippen LogP contribution is 2.22. The van der Waals surface area contributed by atoms with Crippen LogP contribution < -0.4 is 4.74 Å². The summed E-state index contributed by atoms with van der Waals surface area (Å²) in [5, 5.41) is 0. The number of nitrogens with zero attached hydrogens (tertiary/aromatic N) is 1. The molecule has 0 unspecified atom stereocenters. The van der Waals surface area contributed by atoms with E-state index in [1.165, 1.54) is 0 Å². The quantitative estimate of drug-likeness (QED) is 0.776. The molecule has 0 bridgehead atoms. The maximum Gasteiger partial charge on any atom is 0.137 e. The van der Waals surface area contributed by atoms with Crippen molar-refractivity contribution in [2.45, 2.75) is 0 Å². The van der Waals surface area contributed by atoms with Crippen LogP contribution in [0.3, 0.4) is 0 Å². The van der Waals surface area contributed by atoms with E-state index in [-0.39, 0.29) is 0 Å². The minimum Gasteiger partial charge on any atom is -0.495 e. The molecular formula is C14H13NO. The molecule has 0 atom stereocenters. The fraction of sp³-hybridized carbons (Fsp3) is 0.0714. The number of aromatic nitrogens is 1. The maximum absolute atomic E-state index is 5.14. The van der Waals surface area contributed by atoms with Crippen molar-refractivity contribution >= 4 is 6.08 Å². The van der Waals surface area contributed by atoms with Gasteiger partial charge in [0.1, 0.15) is 5.75 Å². The van der Waals surface area contributed by atoms with Crippen LogP contribution in [0, 0.1) is 0 Å². The summed E-state index contributed by atoms with van der Waals surface area (Å²) in [5.41, 5.74) is 3.28. The van der Waals surface area contributed by atoms with E-state index in [4.69, 9.17) is 4.74 Å². The molecule has 0 aliphatic rings. The third-order valence-corrected chi connectivity index (χ3v) is 2.43. The molecule has 0 N–H and O–H groups in total. The second kappa shape index (κ2) is 4.62. The molecule has 0 aliphatic heterocycles. The Labute approximate surface area is 95.2 Å². The van der Waals surface area contributed by atoms with Crippen molar-refractivity contribution in [2.75, 3.05) is 7.11 Å². The van der Waals surface area contributed by atoms with Crippen LogP contribution in [0.25, 0.3) is 17.2 Å². The molecule has 2 rings (SSSR count). The third-order valence-electron chi connectivity index (χ3n) is 2.43. The third kappa shape index (κ3) is 2.11. The molecule has 0 fully saturated rings. The van der Waals surface area contributed by atoms with Crippen LogP contribution in [0.2, 0.25) is 0 Å². The molecular weight excluding hydrogens is 198 g/mol. The van der Waals surface area contributed by atoms with Gasteiger partial charge in [-0.3, -0.25) is 4.98 Å². The Bertz CT molecular complexity index is 488. The molecule has 0 amide bonds. The number of hydrogen-bond acceptors (Lipinski definition) is 2. The van der Waals surface area contributed by atoms with E-state index in [0.29, 0.717) is 0 Å². The summed E-state index contributed by atoms with van der Waals surface area (Å²) in [5.74, 6) is 0.769. The SMILES string of the molecule is C=Cc1ccc(-c2cncc(OC)c2)cc1. The van der Waals surface area contributed by atoms with Gasteiger partial charge in [-0.2, -0.15) is 0 Å². The Morgan fingerprint density at radius 3 is 2.50 bits per heavy atom. The van der Waals surface area contributed by atoms with Crippen molar-refractivity contribution in [3.8, 4) is 16.9 Å². The van der Waals surface area contributed by atoms with E-state index in [9.17, 15) is 0 Å². The lowest BCUT2D eigenvalue weighted by atomic mass is 10.1. The Balaban J connectivity index is 2.38. The van der Waals surface area contributed by atoms with Gasteiger partial charge in [-0.05, 0) is 17.2 Å². The van der Waals surface area contributed by atoms with E-state index in [0.717, 1.165) is 22.4 Å². The van der Waals surface area contributed by atoms with Gasteiger partial charge in [-0.15, -0.1) is 0 Å². The van der Waals surface area contributed by atoms with Gasteiger partial charge in [0.15, 0.2) is 0 Å². The van der Waals surface area contributed by atoms with Gasteiger partial charge in [0.05, 0.1) is 13.3 Å². The summed E-state index contributed by atoms with van der Waals surface area (Å²) in [6, 6.07) is 10.1. The predicted octanol–water partition coefficient (Wildman–Crippen LogP) is 3.40. The van der Waals surface area contributed by atoms with E-state index < -0.39 is 0 Å². The van der Waals surface area contributed by atoms with Crippen LogP contribution in [0.4, 0.5) is 0 Å². The molecule has 0 spiro atoms. The first-order valence-corrected chi connectivity index (χ1v) is 5.05. The summed E-state index contributed by atoms with van der Waals surface area (Å²) in [6.07, 6.45) is 5.35. The summed E-state index contributed by atoms with van der Waals surface area (Å²) < 4.78 is 5.14. The fourth-order valence-electron chi connectivity index (χ4n) is 1.50. The first-order chi connectivity index (χ1) is 7.83. The number of hydrogen-bond donors (Lipinski definition) is 0. The summed E-state index contributed by atoms with van der Waals surface area (Å²) in [4.78, 5) is 4.13. The van der Waals surface area contributed by atoms with Crippen molar-refractivity contribution in [2.24, 2.45) is 0 Å². The highest BCUT2D eigenvalue weighted by atomic mass is 16.5. The topological polar surface area (TPSA) is 22.1 Å². The van der Waals surface area contributed by atoms with E-state index in [1.807, 2.05) is 42.6 Å². The summed E-state index contributed by atoms with van der Waals surface area (Å²) >= 11 is 0. The van der Waals surface area contributed by atoms with Gasteiger partial charge in [0.25, 0.3) is 0 Å². The molecule has 1 heterocycles. The van der Waals surface area contributed by atoms with Crippen molar-refractivity contribution in [1.82, 2.24) is 4.98 Å². The number of pyridine rings is 1. The lowest BCUT2D eigenvalue weighted by Gasteiger charge is -2.04. The molecule has 2 nitrogen and oxygen atoms in total. The molecule has 16 heavy (non-hydrogen) atoms. The number of ether oxygens (including phenoxy) is 1. The van der Waals surface area contributed by atoms with Gasteiger partial charge in [-0.1, -0.05) is 36.9 Å². The zero-order chi connectivity index (χ0) is 11.4. The zero-order valence-corrected chi connectivity index (χ0v) is 9.18. The summed E-state index contributed by atoms with van der Waals surface area (Å²) in [7, 11) is 1.64. The minimum atomic E-state index is 0.769. The summed E-state index contributed by atoms with van der Waals surface area (Å²) in [6.45, 7) is 3.73. The molecule has 80 valence electrons. The first kappa shape index (κ1) is 10.4. The Kier molecular flexibility index (Phi) is 3.01. The van der Waals surface area contributed by atoms with Crippen LogP contribution in [0.5, 0.6) is 5.75 Å². The Morgan fingerprint density at radius 2 is 1.88 bits per heavy atom. The van der Waals surface area contributed by atoms with Gasteiger partial charge in [-0.25, -0.2) is 0 Å². The molecule has 0 radical (unpaired) electrons. The smallest absolute Gasteiger partial charge is 0.137 e. The van der Waals surface area contributed by atoms with E-state index in [2.05, 4.69) is 11.6 Å². The van der Waals surface area contributed by atoms with Crippen molar-refractivity contribution in [3.05, 3.63) is 54.9 Å². The number of methoxy groups -OCH3 is 1. The molecule has 0 aliphatic carbocycles. The van der Waals surface area contributed by atoms with Crippen molar-refractivity contribution < 1.29 is 4.74 Å². The molecule has 1 aromatic heterocycles. The van der Waals surface area contributed by atoms with Crippen molar-refractivity contribution in [3.63, 3.8) is 0 Å². The zero-order valence-electron chi connectivity index (χ0n) is 9.18. The van der Waals surface area contributed by atoms with Gasteiger partial charge < -0.3 is 4.74 Å². The average molecular weight is 211 g/mol.